The van der Waals surface area contributed by atoms with Gasteiger partial charge < -0.3 is 10.4 Å². The summed E-state index contributed by atoms with van der Waals surface area (Å²) in [4.78, 5) is 11.7. The molecule has 0 spiro atoms. The van der Waals surface area contributed by atoms with Crippen molar-refractivity contribution in [3.05, 3.63) is 0 Å². The summed E-state index contributed by atoms with van der Waals surface area (Å²) in [6.07, 6.45) is 4.13. The van der Waals surface area contributed by atoms with Crippen LogP contribution in [0.4, 0.5) is 0 Å². The maximum Gasteiger partial charge on any atom is 0.220 e. The summed E-state index contributed by atoms with van der Waals surface area (Å²) in [6.45, 7) is 6.98. The Morgan fingerprint density at radius 1 is 1.33 bits per heavy atom. The lowest BCUT2D eigenvalue weighted by Gasteiger charge is -2.31. The van der Waals surface area contributed by atoms with Crippen LogP contribution in [-0.4, -0.2) is 34.7 Å². The van der Waals surface area contributed by atoms with Crippen LogP contribution in [0.2, 0.25) is 0 Å². The highest BCUT2D eigenvalue weighted by Gasteiger charge is 2.29. The van der Waals surface area contributed by atoms with Gasteiger partial charge in [-0.15, -0.1) is 0 Å². The molecule has 2 N–H and O–H groups in total. The van der Waals surface area contributed by atoms with Crippen LogP contribution in [0.5, 0.6) is 0 Å². The average molecular weight is 273 g/mol. The number of amides is 1. The van der Waals surface area contributed by atoms with Gasteiger partial charge in [0.25, 0.3) is 0 Å². The van der Waals surface area contributed by atoms with Gasteiger partial charge in [-0.25, -0.2) is 0 Å². The average Bonchev–Trinajstić information content (AvgIpc) is 2.26. The first-order valence-corrected chi connectivity index (χ1v) is 8.03. The first-order chi connectivity index (χ1) is 8.31. The van der Waals surface area contributed by atoms with Crippen molar-refractivity contribution in [1.29, 1.82) is 0 Å². The zero-order valence-electron chi connectivity index (χ0n) is 11.9. The quantitative estimate of drug-likeness (QED) is 0.809. The Hall–Kier alpha value is -0.220. The van der Waals surface area contributed by atoms with Gasteiger partial charge >= 0.3 is 0 Å². The molecule has 0 aliphatic carbocycles. The number of hydrogen-bond donors (Lipinski definition) is 2. The van der Waals surface area contributed by atoms with Gasteiger partial charge in [0.15, 0.2) is 0 Å². The highest BCUT2D eigenvalue weighted by atomic mass is 32.2. The maximum absolute atomic E-state index is 11.7. The third-order valence-corrected chi connectivity index (χ3v) is 4.35. The zero-order valence-corrected chi connectivity index (χ0v) is 12.7. The summed E-state index contributed by atoms with van der Waals surface area (Å²) in [7, 11) is 0. The van der Waals surface area contributed by atoms with Crippen molar-refractivity contribution < 1.29 is 9.90 Å². The number of carbonyl (C=O) groups is 1. The predicted molar refractivity (Wildman–Crippen MR) is 77.8 cm³/mol. The minimum atomic E-state index is -0.662. The number of aliphatic hydroxyl groups is 1. The fourth-order valence-electron chi connectivity index (χ4n) is 2.06. The van der Waals surface area contributed by atoms with E-state index in [0.717, 1.165) is 37.2 Å². The molecule has 1 aliphatic heterocycles. The molecule has 0 aromatic rings. The van der Waals surface area contributed by atoms with E-state index in [-0.39, 0.29) is 5.91 Å². The van der Waals surface area contributed by atoms with Crippen molar-refractivity contribution in [2.24, 2.45) is 5.41 Å². The lowest BCUT2D eigenvalue weighted by atomic mass is 9.90. The number of rotatable bonds is 5. The third-order valence-electron chi connectivity index (χ3n) is 3.37. The zero-order chi connectivity index (χ0) is 13.6. The molecule has 4 heteroatoms. The molecule has 0 aromatic carbocycles. The van der Waals surface area contributed by atoms with Crippen LogP contribution in [0, 0.1) is 5.41 Å². The Balaban J connectivity index is 2.16. The van der Waals surface area contributed by atoms with Crippen molar-refractivity contribution in [2.75, 3.05) is 18.1 Å². The molecule has 1 saturated heterocycles. The second-order valence-electron chi connectivity index (χ2n) is 6.53. The summed E-state index contributed by atoms with van der Waals surface area (Å²) in [6, 6.07) is 0. The van der Waals surface area contributed by atoms with Gasteiger partial charge in [0.2, 0.25) is 5.91 Å². The van der Waals surface area contributed by atoms with Crippen molar-refractivity contribution in [2.45, 2.75) is 58.5 Å². The summed E-state index contributed by atoms with van der Waals surface area (Å²) < 4.78 is 0. The molecule has 0 saturated carbocycles. The summed E-state index contributed by atoms with van der Waals surface area (Å²) in [5, 5.41) is 13.1. The predicted octanol–water partition coefficient (Wildman–Crippen LogP) is 2.58. The van der Waals surface area contributed by atoms with Crippen LogP contribution in [-0.2, 0) is 4.79 Å². The highest BCUT2D eigenvalue weighted by molar-refractivity contribution is 7.99. The van der Waals surface area contributed by atoms with Gasteiger partial charge in [-0.05, 0) is 42.6 Å². The Bertz CT molecular complexity index is 267. The molecule has 1 aliphatic rings. The van der Waals surface area contributed by atoms with Crippen LogP contribution in [0.3, 0.4) is 0 Å². The van der Waals surface area contributed by atoms with Crippen LogP contribution >= 0.6 is 11.8 Å². The molecule has 0 unspecified atom stereocenters. The largest absolute Gasteiger partial charge is 0.388 e. The normalized spacial score (nSPS) is 19.6. The molecule has 0 radical (unpaired) electrons. The van der Waals surface area contributed by atoms with Crippen LogP contribution in [0.1, 0.15) is 52.9 Å². The standard InChI is InChI=1S/C14H27NO2S/c1-13(2,3)6-4-5-12(16)15-11-14(17)7-9-18-10-8-14/h17H,4-11H2,1-3H3,(H,15,16). The van der Waals surface area contributed by atoms with E-state index in [1.807, 2.05) is 11.8 Å². The van der Waals surface area contributed by atoms with E-state index in [2.05, 4.69) is 26.1 Å². The van der Waals surface area contributed by atoms with Gasteiger partial charge in [0.05, 0.1) is 5.60 Å². The second kappa shape index (κ2) is 6.80. The van der Waals surface area contributed by atoms with E-state index in [1.54, 1.807) is 0 Å². The minimum absolute atomic E-state index is 0.0749. The Kier molecular flexibility index (Phi) is 5.99. The van der Waals surface area contributed by atoms with E-state index in [1.165, 1.54) is 0 Å². The number of carbonyl (C=O) groups excluding carboxylic acids is 1. The maximum atomic E-state index is 11.7. The fourth-order valence-corrected chi connectivity index (χ4v) is 3.31. The van der Waals surface area contributed by atoms with Crippen LogP contribution in [0.15, 0.2) is 0 Å². The number of nitrogens with one attached hydrogen (secondary N) is 1. The van der Waals surface area contributed by atoms with Crippen molar-refractivity contribution in [1.82, 2.24) is 5.32 Å². The number of hydrogen-bond acceptors (Lipinski definition) is 3. The minimum Gasteiger partial charge on any atom is -0.388 e. The second-order valence-corrected chi connectivity index (χ2v) is 7.75. The SMILES string of the molecule is CC(C)(C)CCCC(=O)NCC1(O)CCSCC1. The Morgan fingerprint density at radius 2 is 1.94 bits per heavy atom. The molecule has 18 heavy (non-hydrogen) atoms. The molecular formula is C14H27NO2S. The van der Waals surface area contributed by atoms with Gasteiger partial charge in [0.1, 0.15) is 0 Å². The number of thioether (sulfide) groups is 1. The van der Waals surface area contributed by atoms with Crippen molar-refractivity contribution >= 4 is 17.7 Å². The van der Waals surface area contributed by atoms with Gasteiger partial charge in [0, 0.05) is 13.0 Å². The fraction of sp³-hybridized carbons (Fsp3) is 0.929. The summed E-state index contributed by atoms with van der Waals surface area (Å²) in [5.41, 5.74) is -0.371. The van der Waals surface area contributed by atoms with Crippen molar-refractivity contribution in [3.8, 4) is 0 Å². The molecule has 0 bridgehead atoms. The van der Waals surface area contributed by atoms with E-state index in [4.69, 9.17) is 0 Å². The monoisotopic (exact) mass is 273 g/mol. The molecule has 0 atom stereocenters. The van der Waals surface area contributed by atoms with E-state index in [9.17, 15) is 9.90 Å². The molecule has 1 rings (SSSR count). The summed E-state index contributed by atoms with van der Waals surface area (Å²) >= 11 is 1.88. The third kappa shape index (κ3) is 6.64. The van der Waals surface area contributed by atoms with Gasteiger partial charge in [-0.2, -0.15) is 11.8 Å². The summed E-state index contributed by atoms with van der Waals surface area (Å²) in [5.74, 6) is 2.07. The Morgan fingerprint density at radius 3 is 2.50 bits per heavy atom. The molecule has 106 valence electrons. The molecule has 1 amide bonds. The molecule has 1 heterocycles. The van der Waals surface area contributed by atoms with Crippen LogP contribution in [0.25, 0.3) is 0 Å². The first-order valence-electron chi connectivity index (χ1n) is 6.88. The van der Waals surface area contributed by atoms with Gasteiger partial charge in [-0.1, -0.05) is 20.8 Å². The molecule has 1 fully saturated rings. The topological polar surface area (TPSA) is 49.3 Å². The smallest absolute Gasteiger partial charge is 0.220 e. The molecule has 3 nitrogen and oxygen atoms in total. The van der Waals surface area contributed by atoms with Crippen LogP contribution < -0.4 is 5.32 Å². The lowest BCUT2D eigenvalue weighted by Crippen LogP contribution is -2.45. The Labute approximate surface area is 115 Å². The van der Waals surface area contributed by atoms with E-state index in [0.29, 0.717) is 18.4 Å². The molecular weight excluding hydrogens is 246 g/mol. The highest BCUT2D eigenvalue weighted by Crippen LogP contribution is 2.26. The van der Waals surface area contributed by atoms with E-state index >= 15 is 0 Å². The first kappa shape index (κ1) is 15.8. The molecule has 0 aromatic heterocycles. The van der Waals surface area contributed by atoms with Crippen molar-refractivity contribution in [3.63, 3.8) is 0 Å². The lowest BCUT2D eigenvalue weighted by molar-refractivity contribution is -0.122. The van der Waals surface area contributed by atoms with Gasteiger partial charge in [-0.3, -0.25) is 4.79 Å². The van der Waals surface area contributed by atoms with E-state index < -0.39 is 5.60 Å².